The molecule has 0 amide bonds. The highest BCUT2D eigenvalue weighted by molar-refractivity contribution is 6.64. The second kappa shape index (κ2) is 7.55. The molecule has 0 unspecified atom stereocenters. The van der Waals surface area contributed by atoms with Crippen molar-refractivity contribution in [3.63, 3.8) is 0 Å². The van der Waals surface area contributed by atoms with Crippen LogP contribution in [0.2, 0.25) is 13.1 Å². The standard InChI is InChI=1S/C12H22O2Si/c1-6-9-12(10-7-2)14-15(4,5)13-11-8-3/h3,9H,6-7,10-11H2,1-2,4-5H3/b12-9-. The van der Waals surface area contributed by atoms with Crippen molar-refractivity contribution >= 4 is 8.56 Å². The van der Waals surface area contributed by atoms with Gasteiger partial charge in [0.15, 0.2) is 0 Å². The second-order valence-electron chi connectivity index (χ2n) is 3.82. The van der Waals surface area contributed by atoms with Crippen LogP contribution in [0.4, 0.5) is 0 Å². The van der Waals surface area contributed by atoms with Gasteiger partial charge >= 0.3 is 8.56 Å². The molecule has 0 aromatic heterocycles. The fourth-order valence-corrected chi connectivity index (χ4v) is 2.54. The van der Waals surface area contributed by atoms with E-state index >= 15 is 0 Å². The predicted octanol–water partition coefficient (Wildman–Crippen LogP) is 3.45. The zero-order chi connectivity index (χ0) is 11.7. The Balaban J connectivity index is 4.25. The van der Waals surface area contributed by atoms with Gasteiger partial charge in [-0.1, -0.05) is 19.8 Å². The van der Waals surface area contributed by atoms with Gasteiger partial charge in [-0.15, -0.1) is 6.42 Å². The Kier molecular flexibility index (Phi) is 7.19. The van der Waals surface area contributed by atoms with Crippen LogP contribution in [0.3, 0.4) is 0 Å². The summed E-state index contributed by atoms with van der Waals surface area (Å²) in [6.07, 6.45) is 10.3. The molecule has 0 aliphatic carbocycles. The molecule has 3 heteroatoms. The summed E-state index contributed by atoms with van der Waals surface area (Å²) in [4.78, 5) is 0. The Hall–Kier alpha value is -0.723. The van der Waals surface area contributed by atoms with Crippen LogP contribution in [-0.2, 0) is 8.85 Å². The van der Waals surface area contributed by atoms with Crippen molar-refractivity contribution in [1.29, 1.82) is 0 Å². The van der Waals surface area contributed by atoms with E-state index in [1.807, 2.05) is 13.1 Å². The van der Waals surface area contributed by atoms with Gasteiger partial charge in [-0.3, -0.25) is 0 Å². The van der Waals surface area contributed by atoms with Crippen molar-refractivity contribution in [3.05, 3.63) is 11.8 Å². The lowest BCUT2D eigenvalue weighted by atomic mass is 10.2. The van der Waals surface area contributed by atoms with Crippen LogP contribution in [0.1, 0.15) is 33.1 Å². The average molecular weight is 226 g/mol. The van der Waals surface area contributed by atoms with Crippen LogP contribution < -0.4 is 0 Å². The van der Waals surface area contributed by atoms with Gasteiger partial charge in [0.05, 0.1) is 12.4 Å². The van der Waals surface area contributed by atoms with Crippen LogP contribution in [0.5, 0.6) is 0 Å². The number of terminal acetylenes is 1. The van der Waals surface area contributed by atoms with Crippen molar-refractivity contribution in [3.8, 4) is 12.3 Å². The maximum Gasteiger partial charge on any atom is 0.392 e. The summed E-state index contributed by atoms with van der Waals surface area (Å²) in [5.74, 6) is 3.52. The van der Waals surface area contributed by atoms with Gasteiger partial charge < -0.3 is 8.85 Å². The summed E-state index contributed by atoms with van der Waals surface area (Å²) in [6.45, 7) is 8.62. The quantitative estimate of drug-likeness (QED) is 0.376. The first-order valence-corrected chi connectivity index (χ1v) is 8.32. The Morgan fingerprint density at radius 2 is 2.07 bits per heavy atom. The summed E-state index contributed by atoms with van der Waals surface area (Å²) in [5, 5.41) is 0. The minimum Gasteiger partial charge on any atom is -0.524 e. The molecular weight excluding hydrogens is 204 g/mol. The van der Waals surface area contributed by atoms with Gasteiger partial charge in [0.1, 0.15) is 0 Å². The van der Waals surface area contributed by atoms with Gasteiger partial charge in [-0.25, -0.2) is 0 Å². The molecule has 0 heterocycles. The van der Waals surface area contributed by atoms with Gasteiger partial charge in [-0.05, 0) is 32.0 Å². The normalized spacial score (nSPS) is 12.3. The molecule has 0 radical (unpaired) electrons. The van der Waals surface area contributed by atoms with E-state index in [2.05, 4.69) is 25.8 Å². The molecule has 0 aromatic carbocycles. The fourth-order valence-electron chi connectivity index (χ4n) is 1.23. The van der Waals surface area contributed by atoms with E-state index in [9.17, 15) is 0 Å². The van der Waals surface area contributed by atoms with Crippen molar-refractivity contribution in [2.75, 3.05) is 6.61 Å². The van der Waals surface area contributed by atoms with Crippen molar-refractivity contribution in [1.82, 2.24) is 0 Å². The average Bonchev–Trinajstić information content (AvgIpc) is 2.15. The molecule has 15 heavy (non-hydrogen) atoms. The van der Waals surface area contributed by atoms with Crippen LogP contribution in [0, 0.1) is 12.3 Å². The molecule has 0 saturated carbocycles. The third-order valence-corrected chi connectivity index (χ3v) is 3.40. The van der Waals surface area contributed by atoms with Crippen molar-refractivity contribution in [2.45, 2.75) is 46.2 Å². The summed E-state index contributed by atoms with van der Waals surface area (Å²) >= 11 is 0. The zero-order valence-corrected chi connectivity index (χ0v) is 11.3. The monoisotopic (exact) mass is 226 g/mol. The summed E-state index contributed by atoms with van der Waals surface area (Å²) in [5.41, 5.74) is 0. The highest BCUT2D eigenvalue weighted by Gasteiger charge is 2.26. The number of rotatable bonds is 7. The Labute approximate surface area is 94.9 Å². The molecule has 0 spiro atoms. The maximum absolute atomic E-state index is 5.90. The van der Waals surface area contributed by atoms with E-state index in [1.54, 1.807) is 0 Å². The molecular formula is C12H22O2Si. The van der Waals surface area contributed by atoms with Crippen LogP contribution in [0.25, 0.3) is 0 Å². The first-order chi connectivity index (χ1) is 7.05. The highest BCUT2D eigenvalue weighted by atomic mass is 28.4. The van der Waals surface area contributed by atoms with E-state index in [-0.39, 0.29) is 0 Å². The summed E-state index contributed by atoms with van der Waals surface area (Å²) < 4.78 is 11.4. The molecule has 0 saturated heterocycles. The van der Waals surface area contributed by atoms with Gasteiger partial charge in [-0.2, -0.15) is 0 Å². The van der Waals surface area contributed by atoms with Crippen LogP contribution >= 0.6 is 0 Å². The lowest BCUT2D eigenvalue weighted by Crippen LogP contribution is -2.34. The van der Waals surface area contributed by atoms with Crippen molar-refractivity contribution in [2.24, 2.45) is 0 Å². The molecule has 2 nitrogen and oxygen atoms in total. The largest absolute Gasteiger partial charge is 0.524 e. The van der Waals surface area contributed by atoms with Crippen LogP contribution in [-0.4, -0.2) is 15.2 Å². The van der Waals surface area contributed by atoms with Crippen LogP contribution in [0.15, 0.2) is 11.8 Å². The molecule has 86 valence electrons. The molecule has 0 aliphatic rings. The molecule has 0 bridgehead atoms. The Bertz CT molecular complexity index is 238. The topological polar surface area (TPSA) is 18.5 Å². The maximum atomic E-state index is 5.90. The molecule has 0 aliphatic heterocycles. The first kappa shape index (κ1) is 14.3. The molecule has 0 atom stereocenters. The zero-order valence-electron chi connectivity index (χ0n) is 10.3. The van der Waals surface area contributed by atoms with E-state index in [0.29, 0.717) is 6.61 Å². The lowest BCUT2D eigenvalue weighted by molar-refractivity contribution is 0.237. The highest BCUT2D eigenvalue weighted by Crippen LogP contribution is 2.16. The van der Waals surface area contributed by atoms with Crippen molar-refractivity contribution < 1.29 is 8.85 Å². The van der Waals surface area contributed by atoms with Gasteiger partial charge in [0.2, 0.25) is 0 Å². The first-order valence-electron chi connectivity index (χ1n) is 5.51. The molecule has 0 aromatic rings. The van der Waals surface area contributed by atoms with Gasteiger partial charge in [0, 0.05) is 6.42 Å². The van der Waals surface area contributed by atoms with E-state index in [0.717, 1.165) is 25.0 Å². The molecule has 0 fully saturated rings. The second-order valence-corrected chi connectivity index (χ2v) is 7.12. The number of hydrogen-bond donors (Lipinski definition) is 0. The minimum absolute atomic E-state index is 0.338. The lowest BCUT2D eigenvalue weighted by Gasteiger charge is -2.24. The molecule has 0 N–H and O–H groups in total. The van der Waals surface area contributed by atoms with Gasteiger partial charge in [0.25, 0.3) is 0 Å². The number of hydrogen-bond acceptors (Lipinski definition) is 2. The van der Waals surface area contributed by atoms with E-state index in [4.69, 9.17) is 15.3 Å². The SMILES string of the molecule is C#CCO[Si](C)(C)O/C(=C\CC)CCC. The smallest absolute Gasteiger partial charge is 0.392 e. The third-order valence-electron chi connectivity index (χ3n) is 1.81. The number of allylic oxidation sites excluding steroid dienone is 2. The predicted molar refractivity (Wildman–Crippen MR) is 66.6 cm³/mol. The molecule has 0 rings (SSSR count). The third kappa shape index (κ3) is 7.23. The summed E-state index contributed by atoms with van der Waals surface area (Å²) in [7, 11) is -2.07. The van der Waals surface area contributed by atoms with E-state index < -0.39 is 8.56 Å². The Morgan fingerprint density at radius 3 is 2.53 bits per heavy atom. The Morgan fingerprint density at radius 1 is 1.40 bits per heavy atom. The van der Waals surface area contributed by atoms with E-state index in [1.165, 1.54) is 0 Å². The summed E-state index contributed by atoms with van der Waals surface area (Å²) in [6, 6.07) is 0. The fraction of sp³-hybridized carbons (Fsp3) is 0.667. The minimum atomic E-state index is -2.07.